The molecule has 11 heteroatoms. The molecule has 230 valence electrons. The van der Waals surface area contributed by atoms with Gasteiger partial charge in [0.2, 0.25) is 5.54 Å². The molecule has 5 rings (SSSR count). The van der Waals surface area contributed by atoms with Crippen molar-refractivity contribution < 1.29 is 42.9 Å². The molecule has 4 atom stereocenters. The van der Waals surface area contributed by atoms with Crippen LogP contribution in [0.5, 0.6) is 5.75 Å². The highest BCUT2D eigenvalue weighted by Gasteiger charge is 2.75. The van der Waals surface area contributed by atoms with Crippen LogP contribution >= 0.6 is 11.6 Å². The molecule has 2 aliphatic heterocycles. The number of carbonyl (C=O) groups is 4. The van der Waals surface area contributed by atoms with Crippen molar-refractivity contribution in [3.63, 3.8) is 0 Å². The topological polar surface area (TPSA) is 126 Å². The maximum absolute atomic E-state index is 14.3. The van der Waals surface area contributed by atoms with Crippen LogP contribution < -0.4 is 10.1 Å². The Labute approximate surface area is 259 Å². The summed E-state index contributed by atoms with van der Waals surface area (Å²) < 4.78 is 28.9. The van der Waals surface area contributed by atoms with Gasteiger partial charge in [0.1, 0.15) is 12.4 Å². The van der Waals surface area contributed by atoms with Crippen molar-refractivity contribution in [3.05, 3.63) is 101 Å². The Balaban J connectivity index is 1.79. The van der Waals surface area contributed by atoms with Crippen molar-refractivity contribution in [2.75, 3.05) is 13.2 Å². The molecule has 0 spiro atoms. The van der Waals surface area contributed by atoms with Gasteiger partial charge in [0.15, 0.2) is 0 Å². The molecule has 10 nitrogen and oxygen atoms in total. The first kappa shape index (κ1) is 31.0. The number of fused-ring (bicyclic) bond motifs is 3. The Kier molecular flexibility index (Phi) is 8.94. The van der Waals surface area contributed by atoms with Crippen LogP contribution in [0, 0.1) is 5.92 Å². The monoisotopic (exact) mass is 621 g/mol. The van der Waals surface area contributed by atoms with Crippen LogP contribution in [0.2, 0.25) is 5.02 Å². The van der Waals surface area contributed by atoms with E-state index in [9.17, 15) is 19.2 Å². The lowest BCUT2D eigenvalue weighted by atomic mass is 9.69. The lowest BCUT2D eigenvalue weighted by Gasteiger charge is -2.44. The predicted octanol–water partition coefficient (Wildman–Crippen LogP) is 4.64. The van der Waals surface area contributed by atoms with Crippen LogP contribution in [-0.4, -0.2) is 48.4 Å². The normalized spacial score (nSPS) is 22.9. The predicted molar refractivity (Wildman–Crippen MR) is 157 cm³/mol. The summed E-state index contributed by atoms with van der Waals surface area (Å²) in [5, 5.41) is 3.40. The van der Waals surface area contributed by atoms with Gasteiger partial charge in [0.05, 0.1) is 25.2 Å². The van der Waals surface area contributed by atoms with Gasteiger partial charge in [-0.25, -0.2) is 14.4 Å². The van der Waals surface area contributed by atoms with Gasteiger partial charge >= 0.3 is 29.7 Å². The second kappa shape index (κ2) is 12.7. The number of esters is 4. The summed E-state index contributed by atoms with van der Waals surface area (Å²) in [6, 6.07) is 21.2. The van der Waals surface area contributed by atoms with Crippen molar-refractivity contribution in [2.45, 2.75) is 50.7 Å². The van der Waals surface area contributed by atoms with Crippen molar-refractivity contribution in [1.29, 1.82) is 0 Å². The lowest BCUT2D eigenvalue weighted by molar-refractivity contribution is -0.240. The van der Waals surface area contributed by atoms with E-state index in [4.69, 9.17) is 35.3 Å². The number of hydrogen-bond donors (Lipinski definition) is 1. The van der Waals surface area contributed by atoms with E-state index in [1.807, 2.05) is 6.07 Å². The lowest BCUT2D eigenvalue weighted by Crippen LogP contribution is -2.61. The Morgan fingerprint density at radius 3 is 2.02 bits per heavy atom. The van der Waals surface area contributed by atoms with Crippen LogP contribution in [0.25, 0.3) is 0 Å². The van der Waals surface area contributed by atoms with Crippen LogP contribution in [-0.2, 0) is 44.7 Å². The Morgan fingerprint density at radius 2 is 1.43 bits per heavy atom. The maximum Gasteiger partial charge on any atom is 0.393 e. The van der Waals surface area contributed by atoms with E-state index in [0.717, 1.165) is 6.92 Å². The van der Waals surface area contributed by atoms with E-state index in [1.165, 1.54) is 0 Å². The van der Waals surface area contributed by atoms with Gasteiger partial charge in [-0.2, -0.15) is 0 Å². The quantitative estimate of drug-likeness (QED) is 0.205. The number of ether oxygens (including phenoxy) is 5. The third kappa shape index (κ3) is 5.28. The molecule has 1 fully saturated rings. The zero-order valence-corrected chi connectivity index (χ0v) is 25.2. The van der Waals surface area contributed by atoms with Gasteiger partial charge < -0.3 is 23.7 Å². The number of hydrogen-bond acceptors (Lipinski definition) is 10. The zero-order chi connectivity index (χ0) is 31.5. The van der Waals surface area contributed by atoms with Crippen molar-refractivity contribution in [1.82, 2.24) is 5.32 Å². The maximum atomic E-state index is 14.3. The number of rotatable bonds is 9. The molecule has 2 heterocycles. The molecule has 44 heavy (non-hydrogen) atoms. The number of nitrogens with one attached hydrogen (secondary N) is 1. The molecule has 0 aromatic heterocycles. The smallest absolute Gasteiger partial charge is 0.393 e. The third-order valence-electron chi connectivity index (χ3n) is 7.74. The fourth-order valence-corrected chi connectivity index (χ4v) is 6.41. The number of halogens is 1. The Morgan fingerprint density at radius 1 is 0.818 bits per heavy atom. The van der Waals surface area contributed by atoms with Gasteiger partial charge in [0.25, 0.3) is 0 Å². The third-order valence-corrected chi connectivity index (χ3v) is 8.07. The van der Waals surface area contributed by atoms with Crippen LogP contribution in [0.3, 0.4) is 0 Å². The molecule has 1 N–H and O–H groups in total. The fourth-order valence-electron chi connectivity index (χ4n) is 6.12. The first-order valence-electron chi connectivity index (χ1n) is 14.2. The second-order valence-corrected chi connectivity index (χ2v) is 10.8. The molecule has 2 aliphatic rings. The molecule has 0 radical (unpaired) electrons. The van der Waals surface area contributed by atoms with Crippen LogP contribution in [0.15, 0.2) is 78.9 Å². The summed E-state index contributed by atoms with van der Waals surface area (Å²) in [6.07, 6.45) is 0. The van der Waals surface area contributed by atoms with Gasteiger partial charge in [-0.3, -0.25) is 10.1 Å². The summed E-state index contributed by atoms with van der Waals surface area (Å²) in [5.41, 5.74) is -0.738. The second-order valence-electron chi connectivity index (χ2n) is 10.4. The van der Waals surface area contributed by atoms with Crippen molar-refractivity contribution in [2.24, 2.45) is 5.92 Å². The van der Waals surface area contributed by atoms with Crippen molar-refractivity contribution in [3.8, 4) is 5.75 Å². The van der Waals surface area contributed by atoms with E-state index in [0.29, 0.717) is 16.7 Å². The molecule has 3 aromatic carbocycles. The van der Waals surface area contributed by atoms with E-state index in [-0.39, 0.29) is 30.6 Å². The van der Waals surface area contributed by atoms with Gasteiger partial charge in [-0.05, 0) is 37.1 Å². The first-order chi connectivity index (χ1) is 21.2. The summed E-state index contributed by atoms with van der Waals surface area (Å²) >= 11 is 6.72. The minimum atomic E-state index is -2.47. The number of carbonyl (C=O) groups excluding carboxylic acids is 4. The Bertz CT molecular complexity index is 1530. The van der Waals surface area contributed by atoms with E-state index in [2.05, 4.69) is 5.32 Å². The summed E-state index contributed by atoms with van der Waals surface area (Å²) in [7, 11) is 0. The molecule has 1 saturated heterocycles. The molecule has 0 amide bonds. The average molecular weight is 622 g/mol. The summed E-state index contributed by atoms with van der Waals surface area (Å²) in [5.74, 6) is -8.67. The fraction of sp³-hybridized carbons (Fsp3) is 0.333. The van der Waals surface area contributed by atoms with E-state index in [1.54, 1.807) is 86.6 Å². The molecular formula is C33H32ClNO9. The number of benzene rings is 3. The van der Waals surface area contributed by atoms with Crippen LogP contribution in [0.4, 0.5) is 0 Å². The SMILES string of the molecule is CCOC(=O)C1(C(=O)OCC)N[C@@H]2c3c(Cl)cccc3O[C@](OC(C)=O)(C(=O)OCc3ccccc3)[C@@H]2[C@H]1c1ccccc1. The minimum absolute atomic E-state index is 0.0550. The van der Waals surface area contributed by atoms with E-state index >= 15 is 0 Å². The summed E-state index contributed by atoms with van der Waals surface area (Å²) in [6.45, 7) is 4.06. The molecule has 0 aliphatic carbocycles. The average Bonchev–Trinajstić information content (AvgIpc) is 3.39. The largest absolute Gasteiger partial charge is 0.464 e. The van der Waals surface area contributed by atoms with Gasteiger partial charge in [-0.1, -0.05) is 78.3 Å². The minimum Gasteiger partial charge on any atom is -0.464 e. The first-order valence-corrected chi connectivity index (χ1v) is 14.6. The molecule has 0 unspecified atom stereocenters. The zero-order valence-electron chi connectivity index (χ0n) is 24.4. The Hall–Kier alpha value is -4.41. The molecule has 0 bridgehead atoms. The standard InChI is InChI=1S/C33H32ClNO9/c1-4-40-29(37)32(30(38)41-5-2)26(22-15-10-7-11-16-22)27-28(35-32)25-23(34)17-12-18-24(25)44-33(27,43-20(3)36)31(39)42-19-21-13-8-6-9-14-21/h6-18,26-28,35H,4-5,19H2,1-3H3/t26-,27-,28-,33+/m1/s1. The van der Waals surface area contributed by atoms with Crippen molar-refractivity contribution >= 4 is 35.5 Å². The molecule has 0 saturated carbocycles. The van der Waals surface area contributed by atoms with Gasteiger partial charge in [0, 0.05) is 23.4 Å². The molecular weight excluding hydrogens is 590 g/mol. The van der Waals surface area contributed by atoms with E-state index < -0.39 is 53.1 Å². The van der Waals surface area contributed by atoms with Crippen LogP contribution in [0.1, 0.15) is 49.4 Å². The highest BCUT2D eigenvalue weighted by molar-refractivity contribution is 6.31. The highest BCUT2D eigenvalue weighted by atomic mass is 35.5. The summed E-state index contributed by atoms with van der Waals surface area (Å²) in [4.78, 5) is 55.2. The van der Waals surface area contributed by atoms with Gasteiger partial charge in [-0.15, -0.1) is 0 Å². The highest BCUT2D eigenvalue weighted by Crippen LogP contribution is 2.60. The molecule has 3 aromatic rings.